The fraction of sp³-hybridized carbons (Fsp3) is 0.607. The van der Waals surface area contributed by atoms with E-state index in [2.05, 4.69) is 15.5 Å². The molecule has 0 radical (unpaired) electrons. The number of benzene rings is 1. The van der Waals surface area contributed by atoms with E-state index in [1.165, 1.54) is 6.42 Å². The second-order valence-corrected chi connectivity index (χ2v) is 11.5. The van der Waals surface area contributed by atoms with Gasteiger partial charge >= 0.3 is 0 Å². The van der Waals surface area contributed by atoms with Gasteiger partial charge in [-0.25, -0.2) is 0 Å². The number of halogens is 1. The molecule has 3 amide bonds. The van der Waals surface area contributed by atoms with Crippen molar-refractivity contribution < 1.29 is 23.9 Å². The number of hydrogen-bond donors (Lipinski definition) is 2. The highest BCUT2D eigenvalue weighted by Gasteiger charge is 2.72. The summed E-state index contributed by atoms with van der Waals surface area (Å²) in [5, 5.41) is 6.66. The molecule has 5 atom stereocenters. The summed E-state index contributed by atoms with van der Waals surface area (Å²) < 4.78 is 11.9. The van der Waals surface area contributed by atoms with Gasteiger partial charge in [-0.1, -0.05) is 49.1 Å². The van der Waals surface area contributed by atoms with Gasteiger partial charge in [-0.15, -0.1) is 0 Å². The predicted molar refractivity (Wildman–Crippen MR) is 142 cm³/mol. The maximum Gasteiger partial charge on any atom is 0.246 e. The van der Waals surface area contributed by atoms with Gasteiger partial charge in [0.2, 0.25) is 17.7 Å². The molecule has 2 N–H and O–H groups in total. The standard InChI is InChI=1S/C28H35ClN4O5/c29-18-5-4-8-20(17-18)31-25(34)22-21-9-10-28(38-21)23(22)27(36)33(12-11-32-13-15-37-16-14-32)24(28)26(35)30-19-6-2-1-3-7-19/h4-5,8-10,17,19,21-24H,1-3,6-7,11-16H2,(H,30,35)(H,31,34)/t21-,22+,23-,24+,28-/m1/s1. The lowest BCUT2D eigenvalue weighted by Crippen LogP contribution is -2.57. The summed E-state index contributed by atoms with van der Waals surface area (Å²) in [5.41, 5.74) is -0.591. The molecule has 4 heterocycles. The van der Waals surface area contributed by atoms with Crippen LogP contribution in [-0.2, 0) is 23.9 Å². The molecule has 9 nitrogen and oxygen atoms in total. The first-order valence-electron chi connectivity index (χ1n) is 13.8. The zero-order valence-electron chi connectivity index (χ0n) is 21.4. The quantitative estimate of drug-likeness (QED) is 0.513. The van der Waals surface area contributed by atoms with Gasteiger partial charge in [0.1, 0.15) is 11.6 Å². The number of hydrogen-bond acceptors (Lipinski definition) is 6. The zero-order chi connectivity index (χ0) is 26.3. The second-order valence-electron chi connectivity index (χ2n) is 11.0. The van der Waals surface area contributed by atoms with E-state index >= 15 is 0 Å². The summed E-state index contributed by atoms with van der Waals surface area (Å²) in [5.74, 6) is -2.17. The molecule has 38 heavy (non-hydrogen) atoms. The van der Waals surface area contributed by atoms with Crippen molar-refractivity contribution in [3.63, 3.8) is 0 Å². The summed E-state index contributed by atoms with van der Waals surface area (Å²) in [6.45, 7) is 3.93. The molecule has 1 aliphatic carbocycles. The van der Waals surface area contributed by atoms with Crippen molar-refractivity contribution in [1.29, 1.82) is 0 Å². The summed E-state index contributed by atoms with van der Waals surface area (Å²) in [6, 6.07) is 6.22. The van der Waals surface area contributed by atoms with Crippen LogP contribution in [0.25, 0.3) is 0 Å². The molecule has 5 aliphatic rings. The Morgan fingerprint density at radius 2 is 1.87 bits per heavy atom. The minimum absolute atomic E-state index is 0.104. The summed E-state index contributed by atoms with van der Waals surface area (Å²) >= 11 is 6.11. The fourth-order valence-corrected chi connectivity index (χ4v) is 7.09. The van der Waals surface area contributed by atoms with E-state index in [1.54, 1.807) is 29.2 Å². The highest BCUT2D eigenvalue weighted by Crippen LogP contribution is 2.55. The Morgan fingerprint density at radius 1 is 1.08 bits per heavy atom. The Bertz CT molecular complexity index is 1120. The number of amides is 3. The Hall–Kier alpha value is -2.46. The highest BCUT2D eigenvalue weighted by molar-refractivity contribution is 6.30. The van der Waals surface area contributed by atoms with E-state index in [-0.39, 0.29) is 23.8 Å². The first-order valence-corrected chi connectivity index (χ1v) is 14.2. The van der Waals surface area contributed by atoms with Crippen LogP contribution >= 0.6 is 11.6 Å². The van der Waals surface area contributed by atoms with Gasteiger partial charge in [0, 0.05) is 42.9 Å². The van der Waals surface area contributed by atoms with Gasteiger partial charge < -0.3 is 25.0 Å². The second kappa shape index (κ2) is 10.6. The number of likely N-dealkylation sites (tertiary alicyclic amines) is 1. The smallest absolute Gasteiger partial charge is 0.246 e. The van der Waals surface area contributed by atoms with Gasteiger partial charge in [0.25, 0.3) is 0 Å². The van der Waals surface area contributed by atoms with Crippen molar-refractivity contribution in [3.8, 4) is 0 Å². The Labute approximate surface area is 227 Å². The molecule has 4 aliphatic heterocycles. The monoisotopic (exact) mass is 542 g/mol. The van der Waals surface area contributed by atoms with E-state index in [4.69, 9.17) is 21.1 Å². The van der Waals surface area contributed by atoms with Crippen LogP contribution in [0.2, 0.25) is 5.02 Å². The topological polar surface area (TPSA) is 100 Å². The van der Waals surface area contributed by atoms with Crippen LogP contribution in [0.15, 0.2) is 36.4 Å². The third-order valence-electron chi connectivity index (χ3n) is 8.73. The lowest BCUT2D eigenvalue weighted by Gasteiger charge is -2.35. The molecule has 0 unspecified atom stereocenters. The summed E-state index contributed by atoms with van der Waals surface area (Å²) in [4.78, 5) is 45.4. The van der Waals surface area contributed by atoms with E-state index in [0.29, 0.717) is 37.0 Å². The number of ether oxygens (including phenoxy) is 2. The molecular weight excluding hydrogens is 508 g/mol. The van der Waals surface area contributed by atoms with Crippen molar-refractivity contribution in [2.45, 2.75) is 55.9 Å². The predicted octanol–water partition coefficient (Wildman–Crippen LogP) is 2.21. The van der Waals surface area contributed by atoms with Crippen LogP contribution in [0.5, 0.6) is 0 Å². The van der Waals surface area contributed by atoms with Crippen molar-refractivity contribution >= 4 is 35.0 Å². The van der Waals surface area contributed by atoms with Crippen LogP contribution < -0.4 is 10.6 Å². The largest absolute Gasteiger partial charge is 0.379 e. The number of morpholine rings is 1. The van der Waals surface area contributed by atoms with Gasteiger partial charge in [-0.3, -0.25) is 19.3 Å². The average Bonchev–Trinajstić information content (AvgIpc) is 3.56. The number of nitrogens with zero attached hydrogens (tertiary/aromatic N) is 2. The number of rotatable bonds is 7. The molecule has 10 heteroatoms. The molecule has 1 aromatic rings. The molecule has 4 fully saturated rings. The molecule has 1 saturated carbocycles. The normalized spacial score (nSPS) is 33.0. The van der Waals surface area contributed by atoms with Crippen LogP contribution in [0.4, 0.5) is 5.69 Å². The minimum Gasteiger partial charge on any atom is -0.379 e. The molecule has 6 rings (SSSR count). The lowest BCUT2D eigenvalue weighted by molar-refractivity contribution is -0.141. The lowest BCUT2D eigenvalue weighted by atomic mass is 9.74. The third kappa shape index (κ3) is 4.63. The van der Waals surface area contributed by atoms with Crippen LogP contribution in [-0.4, -0.2) is 90.7 Å². The molecule has 204 valence electrons. The summed E-state index contributed by atoms with van der Waals surface area (Å²) in [6.07, 6.45) is 8.40. The molecule has 3 saturated heterocycles. The van der Waals surface area contributed by atoms with E-state index < -0.39 is 29.6 Å². The van der Waals surface area contributed by atoms with Crippen molar-refractivity contribution in [1.82, 2.24) is 15.1 Å². The Morgan fingerprint density at radius 3 is 2.63 bits per heavy atom. The van der Waals surface area contributed by atoms with Crippen molar-refractivity contribution in [2.24, 2.45) is 11.8 Å². The molecule has 1 aromatic carbocycles. The Kier molecular flexibility index (Phi) is 7.20. The van der Waals surface area contributed by atoms with E-state index in [1.807, 2.05) is 12.2 Å². The van der Waals surface area contributed by atoms with Crippen LogP contribution in [0, 0.1) is 11.8 Å². The van der Waals surface area contributed by atoms with Crippen LogP contribution in [0.3, 0.4) is 0 Å². The number of nitrogens with one attached hydrogen (secondary N) is 2. The number of carbonyl (C=O) groups excluding carboxylic acids is 3. The number of carbonyl (C=O) groups is 3. The summed E-state index contributed by atoms with van der Waals surface area (Å²) in [7, 11) is 0. The number of anilines is 1. The molecular formula is C28H35ClN4O5. The first kappa shape index (κ1) is 25.8. The number of fused-ring (bicyclic) bond motifs is 1. The van der Waals surface area contributed by atoms with Gasteiger partial charge in [0.15, 0.2) is 0 Å². The van der Waals surface area contributed by atoms with Gasteiger partial charge in [0.05, 0.1) is 31.2 Å². The first-order chi connectivity index (χ1) is 18.5. The molecule has 0 aromatic heterocycles. The SMILES string of the molecule is O=C(Nc1cccc(Cl)c1)[C@H]1[C@H]2C=C[C@]3(O2)[C@H](C(=O)NC2CCCCC2)N(CCN2CCOCC2)C(=O)[C@@H]13. The minimum atomic E-state index is -1.15. The maximum atomic E-state index is 14.1. The third-order valence-corrected chi connectivity index (χ3v) is 8.96. The van der Waals surface area contributed by atoms with Crippen LogP contribution in [0.1, 0.15) is 32.1 Å². The van der Waals surface area contributed by atoms with Gasteiger partial charge in [-0.05, 0) is 31.0 Å². The average molecular weight is 543 g/mol. The zero-order valence-corrected chi connectivity index (χ0v) is 22.2. The fourth-order valence-electron chi connectivity index (χ4n) is 6.90. The molecule has 2 bridgehead atoms. The van der Waals surface area contributed by atoms with Gasteiger partial charge in [-0.2, -0.15) is 0 Å². The van der Waals surface area contributed by atoms with E-state index in [9.17, 15) is 14.4 Å². The van der Waals surface area contributed by atoms with Crippen molar-refractivity contribution in [3.05, 3.63) is 41.4 Å². The molecule has 1 spiro atoms. The van der Waals surface area contributed by atoms with Crippen molar-refractivity contribution in [2.75, 3.05) is 44.7 Å². The Balaban J connectivity index is 1.27. The van der Waals surface area contributed by atoms with E-state index in [0.717, 1.165) is 38.8 Å². The maximum absolute atomic E-state index is 14.1. The highest BCUT2D eigenvalue weighted by atomic mass is 35.5.